The maximum atomic E-state index is 17.0. The van der Waals surface area contributed by atoms with Crippen LogP contribution in [0.4, 0.5) is 20.2 Å². The standard InChI is InChI=1S/C37H33F2N/c1-36(2,3)40(33-18-12-11-17-32(33)38)35-27(22-21-26(34(35)39)24-13-7-6-8-14-24)25-19-20-29-28-15-9-10-16-30(28)37(4,5)31(29)23-25/h6-23H,1-5H3. The van der Waals surface area contributed by atoms with Crippen molar-refractivity contribution < 1.29 is 8.78 Å². The van der Waals surface area contributed by atoms with Gasteiger partial charge in [-0.05, 0) is 72.4 Å². The van der Waals surface area contributed by atoms with Crippen LogP contribution in [0.5, 0.6) is 0 Å². The van der Waals surface area contributed by atoms with Gasteiger partial charge in [-0.25, -0.2) is 8.78 Å². The van der Waals surface area contributed by atoms with Crippen molar-refractivity contribution in [1.29, 1.82) is 0 Å². The Morgan fingerprint density at radius 2 is 1.18 bits per heavy atom. The molecule has 0 unspecified atom stereocenters. The van der Waals surface area contributed by atoms with Crippen LogP contribution in [0, 0.1) is 11.6 Å². The summed E-state index contributed by atoms with van der Waals surface area (Å²) in [5.74, 6) is -0.761. The highest BCUT2D eigenvalue weighted by Crippen LogP contribution is 2.51. The van der Waals surface area contributed by atoms with Crippen molar-refractivity contribution in [2.45, 2.75) is 45.6 Å². The molecule has 0 amide bonds. The fourth-order valence-corrected chi connectivity index (χ4v) is 6.18. The minimum absolute atomic E-state index is 0.195. The molecule has 0 saturated heterocycles. The zero-order chi connectivity index (χ0) is 28.2. The van der Waals surface area contributed by atoms with E-state index in [1.54, 1.807) is 18.2 Å². The van der Waals surface area contributed by atoms with Gasteiger partial charge in [-0.1, -0.05) is 105 Å². The Morgan fingerprint density at radius 1 is 0.575 bits per heavy atom. The number of nitrogens with zero attached hydrogens (tertiary/aromatic N) is 1. The highest BCUT2D eigenvalue weighted by Gasteiger charge is 2.36. The molecule has 0 bridgehead atoms. The first-order valence-corrected chi connectivity index (χ1v) is 13.8. The van der Waals surface area contributed by atoms with Crippen LogP contribution >= 0.6 is 0 Å². The Labute approximate surface area is 235 Å². The van der Waals surface area contributed by atoms with Gasteiger partial charge < -0.3 is 4.90 Å². The van der Waals surface area contributed by atoms with E-state index in [0.717, 1.165) is 16.7 Å². The first-order valence-electron chi connectivity index (χ1n) is 13.8. The second kappa shape index (κ2) is 9.45. The Hall–Kier alpha value is -4.24. The summed E-state index contributed by atoms with van der Waals surface area (Å²) in [5.41, 5.74) is 7.72. The molecular weight excluding hydrogens is 496 g/mol. The van der Waals surface area contributed by atoms with Crippen LogP contribution in [0.15, 0.2) is 109 Å². The Morgan fingerprint density at radius 3 is 1.90 bits per heavy atom. The molecule has 1 aliphatic rings. The van der Waals surface area contributed by atoms with Crippen LogP contribution in [0.3, 0.4) is 0 Å². The lowest BCUT2D eigenvalue weighted by Crippen LogP contribution is -2.39. The van der Waals surface area contributed by atoms with E-state index >= 15 is 8.78 Å². The number of hydrogen-bond acceptors (Lipinski definition) is 1. The van der Waals surface area contributed by atoms with Crippen LogP contribution < -0.4 is 4.90 Å². The summed E-state index contributed by atoms with van der Waals surface area (Å²) in [6, 6.07) is 34.9. The van der Waals surface area contributed by atoms with E-state index < -0.39 is 11.4 Å². The highest BCUT2D eigenvalue weighted by molar-refractivity contribution is 5.90. The number of rotatable bonds is 4. The third kappa shape index (κ3) is 4.12. The maximum absolute atomic E-state index is 17.0. The molecule has 1 nitrogen and oxygen atoms in total. The monoisotopic (exact) mass is 529 g/mol. The molecular formula is C37H33F2N. The largest absolute Gasteiger partial charge is 0.331 e. The van der Waals surface area contributed by atoms with Gasteiger partial charge in [-0.2, -0.15) is 0 Å². The molecule has 0 N–H and O–H groups in total. The molecule has 0 radical (unpaired) electrons. The zero-order valence-corrected chi connectivity index (χ0v) is 23.6. The summed E-state index contributed by atoms with van der Waals surface area (Å²) < 4.78 is 32.4. The lowest BCUT2D eigenvalue weighted by atomic mass is 9.81. The molecule has 3 heteroatoms. The second-order valence-electron chi connectivity index (χ2n) is 12.1. The van der Waals surface area contributed by atoms with E-state index in [9.17, 15) is 0 Å². The smallest absolute Gasteiger partial charge is 0.155 e. The molecule has 5 aromatic carbocycles. The van der Waals surface area contributed by atoms with E-state index in [1.165, 1.54) is 28.3 Å². The van der Waals surface area contributed by atoms with E-state index in [4.69, 9.17) is 0 Å². The predicted molar refractivity (Wildman–Crippen MR) is 163 cm³/mol. The normalized spacial score (nSPS) is 13.6. The van der Waals surface area contributed by atoms with E-state index in [0.29, 0.717) is 16.9 Å². The number of anilines is 2. The van der Waals surface area contributed by atoms with Crippen molar-refractivity contribution in [2.24, 2.45) is 0 Å². The zero-order valence-electron chi connectivity index (χ0n) is 23.6. The fraction of sp³-hybridized carbons (Fsp3) is 0.189. The number of hydrogen-bond donors (Lipinski definition) is 0. The van der Waals surface area contributed by atoms with Crippen molar-refractivity contribution >= 4 is 11.4 Å². The summed E-state index contributed by atoms with van der Waals surface area (Å²) in [6.45, 7) is 10.4. The average molecular weight is 530 g/mol. The molecule has 1 aliphatic carbocycles. The van der Waals surface area contributed by atoms with Crippen molar-refractivity contribution in [3.8, 4) is 33.4 Å². The molecule has 200 valence electrons. The fourth-order valence-electron chi connectivity index (χ4n) is 6.18. The number of para-hydroxylation sites is 1. The van der Waals surface area contributed by atoms with Crippen LogP contribution in [-0.2, 0) is 5.41 Å². The van der Waals surface area contributed by atoms with E-state index in [2.05, 4.69) is 56.3 Å². The van der Waals surface area contributed by atoms with E-state index in [-0.39, 0.29) is 11.2 Å². The third-order valence-corrected chi connectivity index (χ3v) is 8.08. The SMILES string of the molecule is CC1(C)c2ccccc2-c2ccc(-c3ccc(-c4ccccc4)c(F)c3N(c3ccccc3F)C(C)(C)C)cc21. The van der Waals surface area contributed by atoms with Crippen molar-refractivity contribution in [3.63, 3.8) is 0 Å². The van der Waals surface area contributed by atoms with Crippen molar-refractivity contribution in [2.75, 3.05) is 4.90 Å². The van der Waals surface area contributed by atoms with Crippen LogP contribution in [0.1, 0.15) is 45.7 Å². The highest BCUT2D eigenvalue weighted by atomic mass is 19.1. The molecule has 0 spiro atoms. The first-order chi connectivity index (χ1) is 19.1. The lowest BCUT2D eigenvalue weighted by molar-refractivity contribution is 0.528. The van der Waals surface area contributed by atoms with Crippen molar-refractivity contribution in [1.82, 2.24) is 0 Å². The Bertz CT molecular complexity index is 1730. The summed E-state index contributed by atoms with van der Waals surface area (Å²) in [7, 11) is 0. The summed E-state index contributed by atoms with van der Waals surface area (Å²) >= 11 is 0. The molecule has 5 aromatic rings. The predicted octanol–water partition coefficient (Wildman–Crippen LogP) is 10.5. The number of fused-ring (bicyclic) bond motifs is 3. The van der Waals surface area contributed by atoms with Gasteiger partial charge in [-0.3, -0.25) is 0 Å². The molecule has 6 rings (SSSR count). The molecule has 0 atom stereocenters. The summed E-state index contributed by atoms with van der Waals surface area (Å²) in [6.07, 6.45) is 0. The minimum Gasteiger partial charge on any atom is -0.331 e. The van der Waals surface area contributed by atoms with Gasteiger partial charge in [0.2, 0.25) is 0 Å². The first kappa shape index (κ1) is 26.0. The lowest BCUT2D eigenvalue weighted by Gasteiger charge is -2.39. The third-order valence-electron chi connectivity index (χ3n) is 8.08. The van der Waals surface area contributed by atoms with Crippen LogP contribution in [0.2, 0.25) is 0 Å². The summed E-state index contributed by atoms with van der Waals surface area (Å²) in [5, 5.41) is 0. The topological polar surface area (TPSA) is 3.24 Å². The van der Waals surface area contributed by atoms with Gasteiger partial charge in [0, 0.05) is 22.1 Å². The summed E-state index contributed by atoms with van der Waals surface area (Å²) in [4.78, 5) is 1.81. The quantitative estimate of drug-likeness (QED) is 0.224. The van der Waals surface area contributed by atoms with Gasteiger partial charge in [0.1, 0.15) is 5.82 Å². The van der Waals surface area contributed by atoms with E-state index in [1.807, 2.05) is 68.1 Å². The van der Waals surface area contributed by atoms with Crippen LogP contribution in [-0.4, -0.2) is 5.54 Å². The Kier molecular flexibility index (Phi) is 6.14. The molecule has 0 fully saturated rings. The minimum atomic E-state index is -0.626. The Balaban J connectivity index is 1.64. The van der Waals surface area contributed by atoms with Gasteiger partial charge in [0.15, 0.2) is 5.82 Å². The molecule has 0 aliphatic heterocycles. The van der Waals surface area contributed by atoms with Gasteiger partial charge >= 0.3 is 0 Å². The second-order valence-corrected chi connectivity index (χ2v) is 12.1. The van der Waals surface area contributed by atoms with Gasteiger partial charge in [0.05, 0.1) is 11.4 Å². The number of halogens is 2. The van der Waals surface area contributed by atoms with Gasteiger partial charge in [0.25, 0.3) is 0 Å². The molecule has 0 aromatic heterocycles. The molecule has 40 heavy (non-hydrogen) atoms. The van der Waals surface area contributed by atoms with Crippen LogP contribution in [0.25, 0.3) is 33.4 Å². The number of benzene rings is 5. The molecule has 0 saturated carbocycles. The average Bonchev–Trinajstić information content (AvgIpc) is 3.17. The van der Waals surface area contributed by atoms with Gasteiger partial charge in [-0.15, -0.1) is 0 Å². The maximum Gasteiger partial charge on any atom is 0.155 e. The van der Waals surface area contributed by atoms with Crippen molar-refractivity contribution in [3.05, 3.63) is 132 Å². The molecule has 0 heterocycles.